The standard InChI is InChI=1S/C27H31N3O5/c1-27(2,3)35-26(32)30-15-20(11-21(30)16-33-4)29-14-19-10-24(34-5)22(12-23(19)25(29)31)18-8-6-7-17(9-18)13-28/h6-10,12,20-21H,11,14-16H2,1-5H3/t20-,21+/m1/s1. The number of likely N-dealkylation sites (tertiary alicyclic amines) is 1. The third kappa shape index (κ3) is 4.96. The Kier molecular flexibility index (Phi) is 6.73. The van der Waals surface area contributed by atoms with Gasteiger partial charge in [-0.05, 0) is 62.6 Å². The smallest absolute Gasteiger partial charge is 0.410 e. The van der Waals surface area contributed by atoms with E-state index in [-0.39, 0.29) is 18.0 Å². The minimum absolute atomic E-state index is 0.0763. The highest BCUT2D eigenvalue weighted by molar-refractivity contribution is 6.00. The summed E-state index contributed by atoms with van der Waals surface area (Å²) in [6.07, 6.45) is 0.216. The molecule has 2 amide bonds. The van der Waals surface area contributed by atoms with E-state index in [0.717, 1.165) is 16.7 Å². The molecule has 0 bridgehead atoms. The molecule has 1 saturated heterocycles. The van der Waals surface area contributed by atoms with Crippen molar-refractivity contribution >= 4 is 12.0 Å². The normalized spacial score (nSPS) is 19.5. The molecule has 0 radical (unpaired) electrons. The Balaban J connectivity index is 1.61. The average molecular weight is 478 g/mol. The van der Waals surface area contributed by atoms with Crippen molar-refractivity contribution in [2.75, 3.05) is 27.4 Å². The molecule has 0 unspecified atom stereocenters. The number of nitrogens with zero attached hydrogens (tertiary/aromatic N) is 3. The van der Waals surface area contributed by atoms with Crippen LogP contribution in [0.5, 0.6) is 5.75 Å². The lowest BCUT2D eigenvalue weighted by Crippen LogP contribution is -2.43. The number of nitriles is 1. The fourth-order valence-electron chi connectivity index (χ4n) is 4.82. The first-order valence-corrected chi connectivity index (χ1v) is 11.7. The van der Waals surface area contributed by atoms with Crippen LogP contribution in [-0.2, 0) is 16.0 Å². The van der Waals surface area contributed by atoms with Crippen LogP contribution in [0.1, 0.15) is 48.7 Å². The molecule has 35 heavy (non-hydrogen) atoms. The van der Waals surface area contributed by atoms with Crippen molar-refractivity contribution < 1.29 is 23.8 Å². The van der Waals surface area contributed by atoms with Crippen molar-refractivity contribution in [3.8, 4) is 22.9 Å². The van der Waals surface area contributed by atoms with Crippen molar-refractivity contribution in [3.63, 3.8) is 0 Å². The summed E-state index contributed by atoms with van der Waals surface area (Å²) in [5.41, 5.74) is 3.00. The molecule has 2 heterocycles. The number of carbonyl (C=O) groups excluding carboxylic acids is 2. The number of rotatable bonds is 5. The zero-order chi connectivity index (χ0) is 25.3. The number of hydrogen-bond acceptors (Lipinski definition) is 6. The lowest BCUT2D eigenvalue weighted by Gasteiger charge is -2.28. The van der Waals surface area contributed by atoms with E-state index in [0.29, 0.717) is 43.0 Å². The largest absolute Gasteiger partial charge is 0.496 e. The first-order chi connectivity index (χ1) is 16.6. The Hall–Kier alpha value is -3.57. The Bertz CT molecular complexity index is 1180. The van der Waals surface area contributed by atoms with Crippen LogP contribution >= 0.6 is 0 Å². The Morgan fingerprint density at radius 3 is 2.60 bits per heavy atom. The number of ether oxygens (including phenoxy) is 3. The minimum atomic E-state index is -0.609. The summed E-state index contributed by atoms with van der Waals surface area (Å²) in [6, 6.07) is 12.8. The maximum Gasteiger partial charge on any atom is 0.410 e. The van der Waals surface area contributed by atoms with E-state index in [9.17, 15) is 14.9 Å². The van der Waals surface area contributed by atoms with Crippen LogP contribution in [-0.4, -0.2) is 66.9 Å². The molecule has 2 atom stereocenters. The summed E-state index contributed by atoms with van der Waals surface area (Å²) in [5, 5.41) is 9.28. The van der Waals surface area contributed by atoms with Gasteiger partial charge in [0.2, 0.25) is 0 Å². The molecule has 0 spiro atoms. The van der Waals surface area contributed by atoms with Gasteiger partial charge in [0, 0.05) is 31.3 Å². The number of amides is 2. The third-order valence-electron chi connectivity index (χ3n) is 6.38. The zero-order valence-electron chi connectivity index (χ0n) is 20.8. The van der Waals surface area contributed by atoms with Crippen molar-refractivity contribution in [2.45, 2.75) is 51.4 Å². The van der Waals surface area contributed by atoms with Crippen LogP contribution in [0.25, 0.3) is 11.1 Å². The number of hydrogen-bond donors (Lipinski definition) is 0. The maximum absolute atomic E-state index is 13.5. The first-order valence-electron chi connectivity index (χ1n) is 11.7. The molecule has 8 heteroatoms. The highest BCUT2D eigenvalue weighted by atomic mass is 16.6. The van der Waals surface area contributed by atoms with Crippen LogP contribution in [0, 0.1) is 11.3 Å². The predicted octanol–water partition coefficient (Wildman–Crippen LogP) is 4.21. The first kappa shape index (κ1) is 24.6. The van der Waals surface area contributed by atoms with Crippen molar-refractivity contribution in [3.05, 3.63) is 53.1 Å². The van der Waals surface area contributed by atoms with Gasteiger partial charge in [0.1, 0.15) is 11.4 Å². The second-order valence-electron chi connectivity index (χ2n) is 9.97. The monoisotopic (exact) mass is 477 g/mol. The number of carbonyl (C=O) groups is 2. The fraction of sp³-hybridized carbons (Fsp3) is 0.444. The summed E-state index contributed by atoms with van der Waals surface area (Å²) in [7, 11) is 3.20. The lowest BCUT2D eigenvalue weighted by molar-refractivity contribution is 0.0140. The second-order valence-corrected chi connectivity index (χ2v) is 9.97. The van der Waals surface area contributed by atoms with Gasteiger partial charge in [-0.3, -0.25) is 4.79 Å². The van der Waals surface area contributed by atoms with Gasteiger partial charge >= 0.3 is 6.09 Å². The summed E-state index contributed by atoms with van der Waals surface area (Å²) in [5.74, 6) is 0.570. The summed E-state index contributed by atoms with van der Waals surface area (Å²) >= 11 is 0. The van der Waals surface area contributed by atoms with E-state index in [1.54, 1.807) is 31.3 Å². The molecule has 4 rings (SSSR count). The number of fused-ring (bicyclic) bond motifs is 1. The van der Waals surface area contributed by atoms with E-state index in [1.165, 1.54) is 0 Å². The summed E-state index contributed by atoms with van der Waals surface area (Å²) < 4.78 is 16.6. The Morgan fingerprint density at radius 1 is 1.17 bits per heavy atom. The lowest BCUT2D eigenvalue weighted by atomic mass is 9.98. The molecule has 8 nitrogen and oxygen atoms in total. The van der Waals surface area contributed by atoms with Crippen LogP contribution in [0.2, 0.25) is 0 Å². The number of methoxy groups -OCH3 is 2. The molecule has 2 aliphatic heterocycles. The van der Waals surface area contributed by atoms with Crippen LogP contribution < -0.4 is 4.74 Å². The van der Waals surface area contributed by atoms with E-state index in [1.807, 2.05) is 49.9 Å². The van der Waals surface area contributed by atoms with Gasteiger partial charge in [0.05, 0.1) is 37.4 Å². The number of benzene rings is 2. The van der Waals surface area contributed by atoms with E-state index in [4.69, 9.17) is 14.2 Å². The summed E-state index contributed by atoms with van der Waals surface area (Å²) in [6.45, 7) is 6.70. The van der Waals surface area contributed by atoms with Crippen LogP contribution in [0.15, 0.2) is 36.4 Å². The zero-order valence-corrected chi connectivity index (χ0v) is 20.8. The molecule has 2 aromatic carbocycles. The molecular formula is C27H31N3O5. The Labute approximate surface area is 206 Å². The third-order valence-corrected chi connectivity index (χ3v) is 6.38. The van der Waals surface area contributed by atoms with Crippen molar-refractivity contribution in [1.29, 1.82) is 5.26 Å². The van der Waals surface area contributed by atoms with Gasteiger partial charge in [0.15, 0.2) is 0 Å². The van der Waals surface area contributed by atoms with E-state index in [2.05, 4.69) is 6.07 Å². The highest BCUT2D eigenvalue weighted by Gasteiger charge is 2.43. The van der Waals surface area contributed by atoms with Gasteiger partial charge in [-0.15, -0.1) is 0 Å². The van der Waals surface area contributed by atoms with E-state index < -0.39 is 11.7 Å². The van der Waals surface area contributed by atoms with E-state index >= 15 is 0 Å². The fourth-order valence-corrected chi connectivity index (χ4v) is 4.82. The maximum atomic E-state index is 13.5. The minimum Gasteiger partial charge on any atom is -0.496 e. The average Bonchev–Trinajstić information content (AvgIpc) is 3.38. The molecule has 2 aliphatic rings. The van der Waals surface area contributed by atoms with Gasteiger partial charge in [-0.25, -0.2) is 4.79 Å². The predicted molar refractivity (Wildman–Crippen MR) is 130 cm³/mol. The molecule has 184 valence electrons. The topological polar surface area (TPSA) is 92.1 Å². The van der Waals surface area contributed by atoms with Gasteiger partial charge in [-0.2, -0.15) is 5.26 Å². The molecule has 0 aliphatic carbocycles. The molecule has 1 fully saturated rings. The van der Waals surface area contributed by atoms with Crippen LogP contribution in [0.3, 0.4) is 0 Å². The van der Waals surface area contributed by atoms with Gasteiger partial charge in [-0.1, -0.05) is 12.1 Å². The SMILES string of the molecule is COC[C@@H]1C[C@@H](N2Cc3cc(OC)c(-c4cccc(C#N)c4)cc3C2=O)CN1C(=O)OC(C)(C)C. The molecular weight excluding hydrogens is 446 g/mol. The molecule has 0 saturated carbocycles. The molecule has 0 aromatic heterocycles. The van der Waals surface area contributed by atoms with Crippen LogP contribution in [0.4, 0.5) is 4.79 Å². The highest BCUT2D eigenvalue weighted by Crippen LogP contribution is 2.38. The second kappa shape index (κ2) is 9.59. The van der Waals surface area contributed by atoms with Gasteiger partial charge < -0.3 is 24.0 Å². The Morgan fingerprint density at radius 2 is 1.94 bits per heavy atom. The van der Waals surface area contributed by atoms with Gasteiger partial charge in [0.25, 0.3) is 5.91 Å². The molecule has 2 aromatic rings. The summed E-state index contributed by atoms with van der Waals surface area (Å²) in [4.78, 5) is 29.9. The molecule has 0 N–H and O–H groups in total. The quantitative estimate of drug-likeness (QED) is 0.641. The van der Waals surface area contributed by atoms with Crippen molar-refractivity contribution in [1.82, 2.24) is 9.80 Å². The van der Waals surface area contributed by atoms with Crippen molar-refractivity contribution in [2.24, 2.45) is 0 Å².